The molecule has 0 aliphatic heterocycles. The van der Waals surface area contributed by atoms with Crippen LogP contribution in [0.4, 0.5) is 0 Å². The molecule has 4 nitrogen and oxygen atoms in total. The largest absolute Gasteiger partial charge is 0.329 e. The van der Waals surface area contributed by atoms with Crippen molar-refractivity contribution in [1.82, 2.24) is 9.78 Å². The molecule has 0 spiro atoms. The predicted octanol–water partition coefficient (Wildman–Crippen LogP) is 0.969. The standard InChI is InChI=1S/C12H19N3O/c1-9-6-10(15(2)14-9)7-11(16)12(8-13)4-3-5-12/h6H,3-5,7-8,13H2,1-2H3. The molecule has 2 rings (SSSR count). The van der Waals surface area contributed by atoms with Gasteiger partial charge in [-0.05, 0) is 25.8 Å². The fourth-order valence-corrected chi connectivity index (χ4v) is 2.38. The van der Waals surface area contributed by atoms with Gasteiger partial charge in [-0.25, -0.2) is 0 Å². The zero-order valence-electron chi connectivity index (χ0n) is 9.99. The fraction of sp³-hybridized carbons (Fsp3) is 0.667. The van der Waals surface area contributed by atoms with Gasteiger partial charge in [-0.3, -0.25) is 9.48 Å². The van der Waals surface area contributed by atoms with Gasteiger partial charge in [-0.2, -0.15) is 5.10 Å². The topological polar surface area (TPSA) is 60.9 Å². The Morgan fingerprint density at radius 1 is 1.62 bits per heavy atom. The Balaban J connectivity index is 2.10. The molecule has 16 heavy (non-hydrogen) atoms. The normalized spacial score (nSPS) is 18.2. The highest BCUT2D eigenvalue weighted by Gasteiger charge is 2.42. The average Bonchev–Trinajstić information content (AvgIpc) is 2.44. The van der Waals surface area contributed by atoms with E-state index in [2.05, 4.69) is 5.10 Å². The number of nitrogens with two attached hydrogens (primary N) is 1. The van der Waals surface area contributed by atoms with Gasteiger partial charge in [0, 0.05) is 31.1 Å². The van der Waals surface area contributed by atoms with E-state index in [0.29, 0.717) is 13.0 Å². The summed E-state index contributed by atoms with van der Waals surface area (Å²) < 4.78 is 1.79. The fourth-order valence-electron chi connectivity index (χ4n) is 2.38. The number of rotatable bonds is 4. The molecule has 0 aromatic carbocycles. The summed E-state index contributed by atoms with van der Waals surface area (Å²) in [5, 5.41) is 4.25. The number of Topliss-reactive ketones (excluding diaryl/α,β-unsaturated/α-hetero) is 1. The molecule has 0 atom stereocenters. The summed E-state index contributed by atoms with van der Waals surface area (Å²) in [4.78, 5) is 12.2. The van der Waals surface area contributed by atoms with Crippen LogP contribution in [0.2, 0.25) is 0 Å². The van der Waals surface area contributed by atoms with E-state index >= 15 is 0 Å². The average molecular weight is 221 g/mol. The van der Waals surface area contributed by atoms with Gasteiger partial charge in [0.2, 0.25) is 0 Å². The summed E-state index contributed by atoms with van der Waals surface area (Å²) >= 11 is 0. The van der Waals surface area contributed by atoms with Crippen molar-refractivity contribution in [2.24, 2.45) is 18.2 Å². The zero-order valence-corrected chi connectivity index (χ0v) is 9.99. The molecule has 0 amide bonds. The third-order valence-corrected chi connectivity index (χ3v) is 3.73. The molecule has 1 saturated carbocycles. The molecule has 1 fully saturated rings. The van der Waals surface area contributed by atoms with Crippen molar-refractivity contribution < 1.29 is 4.79 Å². The van der Waals surface area contributed by atoms with Crippen LogP contribution in [0.3, 0.4) is 0 Å². The van der Waals surface area contributed by atoms with Gasteiger partial charge in [0.25, 0.3) is 0 Å². The van der Waals surface area contributed by atoms with Crippen molar-refractivity contribution in [2.75, 3.05) is 6.54 Å². The van der Waals surface area contributed by atoms with Crippen molar-refractivity contribution in [3.05, 3.63) is 17.5 Å². The number of nitrogens with zero attached hydrogens (tertiary/aromatic N) is 2. The van der Waals surface area contributed by atoms with Gasteiger partial charge in [-0.15, -0.1) is 0 Å². The lowest BCUT2D eigenvalue weighted by Gasteiger charge is -2.39. The van der Waals surface area contributed by atoms with E-state index in [-0.39, 0.29) is 11.2 Å². The number of carbonyl (C=O) groups excluding carboxylic acids is 1. The van der Waals surface area contributed by atoms with Crippen LogP contribution < -0.4 is 5.73 Å². The van der Waals surface area contributed by atoms with Crippen LogP contribution in [0.15, 0.2) is 6.07 Å². The third kappa shape index (κ3) is 1.78. The van der Waals surface area contributed by atoms with Gasteiger partial charge in [0.15, 0.2) is 0 Å². The lowest BCUT2D eigenvalue weighted by atomic mass is 9.65. The van der Waals surface area contributed by atoms with Crippen LogP contribution in [-0.2, 0) is 18.3 Å². The summed E-state index contributed by atoms with van der Waals surface area (Å²) in [6.45, 7) is 2.43. The molecule has 0 saturated heterocycles. The lowest BCUT2D eigenvalue weighted by molar-refractivity contribution is -0.132. The summed E-state index contributed by atoms with van der Waals surface area (Å²) in [5.74, 6) is 0.282. The number of aryl methyl sites for hydroxylation is 2. The number of hydrogen-bond donors (Lipinski definition) is 1. The highest BCUT2D eigenvalue weighted by molar-refractivity contribution is 5.87. The summed E-state index contributed by atoms with van der Waals surface area (Å²) in [6, 6.07) is 1.97. The van der Waals surface area contributed by atoms with E-state index in [1.54, 1.807) is 4.68 Å². The Morgan fingerprint density at radius 2 is 2.31 bits per heavy atom. The highest BCUT2D eigenvalue weighted by atomic mass is 16.1. The maximum atomic E-state index is 12.2. The Labute approximate surface area is 95.8 Å². The van der Waals surface area contributed by atoms with E-state index in [1.807, 2.05) is 20.0 Å². The molecular weight excluding hydrogens is 202 g/mol. The SMILES string of the molecule is Cc1cc(CC(=O)C2(CN)CCC2)n(C)n1. The molecule has 1 aliphatic carbocycles. The maximum Gasteiger partial charge on any atom is 0.146 e. The Morgan fingerprint density at radius 3 is 2.69 bits per heavy atom. The Kier molecular flexibility index (Phi) is 2.84. The molecule has 1 heterocycles. The summed E-state index contributed by atoms with van der Waals surface area (Å²) in [6.07, 6.45) is 3.51. The highest BCUT2D eigenvalue weighted by Crippen LogP contribution is 2.41. The molecule has 0 radical (unpaired) electrons. The van der Waals surface area contributed by atoms with Gasteiger partial charge in [0.1, 0.15) is 5.78 Å². The second kappa shape index (κ2) is 4.01. The molecular formula is C12H19N3O. The van der Waals surface area contributed by atoms with E-state index in [1.165, 1.54) is 0 Å². The number of ketones is 1. The molecule has 2 N–H and O–H groups in total. The zero-order chi connectivity index (χ0) is 11.8. The van der Waals surface area contributed by atoms with Crippen LogP contribution in [0, 0.1) is 12.3 Å². The number of aromatic nitrogens is 2. The first kappa shape index (κ1) is 11.3. The van der Waals surface area contributed by atoms with Gasteiger partial charge in [0.05, 0.1) is 5.69 Å². The van der Waals surface area contributed by atoms with E-state index < -0.39 is 0 Å². The minimum Gasteiger partial charge on any atom is -0.329 e. The van der Waals surface area contributed by atoms with Crippen molar-refractivity contribution in [1.29, 1.82) is 0 Å². The lowest BCUT2D eigenvalue weighted by Crippen LogP contribution is -2.45. The second-order valence-electron chi connectivity index (χ2n) is 4.84. The first-order valence-electron chi connectivity index (χ1n) is 5.80. The van der Waals surface area contributed by atoms with Crippen molar-refractivity contribution in [3.8, 4) is 0 Å². The van der Waals surface area contributed by atoms with Gasteiger partial charge >= 0.3 is 0 Å². The monoisotopic (exact) mass is 221 g/mol. The molecule has 1 aromatic heterocycles. The van der Waals surface area contributed by atoms with Crippen LogP contribution >= 0.6 is 0 Å². The molecule has 0 unspecified atom stereocenters. The van der Waals surface area contributed by atoms with Gasteiger partial charge < -0.3 is 5.73 Å². The Bertz CT molecular complexity index is 399. The predicted molar refractivity (Wildman–Crippen MR) is 62.0 cm³/mol. The molecule has 1 aromatic rings. The minimum absolute atomic E-state index is 0.224. The molecule has 1 aliphatic rings. The number of carbonyl (C=O) groups is 1. The first-order valence-corrected chi connectivity index (χ1v) is 5.80. The van der Waals surface area contributed by atoms with E-state index in [0.717, 1.165) is 30.7 Å². The smallest absolute Gasteiger partial charge is 0.146 e. The van der Waals surface area contributed by atoms with Crippen LogP contribution in [0.25, 0.3) is 0 Å². The quantitative estimate of drug-likeness (QED) is 0.824. The van der Waals surface area contributed by atoms with Crippen LogP contribution in [0.1, 0.15) is 30.7 Å². The molecule has 4 heteroatoms. The van der Waals surface area contributed by atoms with Gasteiger partial charge in [-0.1, -0.05) is 6.42 Å². The number of hydrogen-bond acceptors (Lipinski definition) is 3. The second-order valence-corrected chi connectivity index (χ2v) is 4.84. The van der Waals surface area contributed by atoms with Crippen molar-refractivity contribution >= 4 is 5.78 Å². The van der Waals surface area contributed by atoms with Crippen molar-refractivity contribution in [3.63, 3.8) is 0 Å². The minimum atomic E-state index is -0.224. The van der Waals surface area contributed by atoms with E-state index in [4.69, 9.17) is 5.73 Å². The Hall–Kier alpha value is -1.16. The van der Waals surface area contributed by atoms with Crippen LogP contribution in [-0.4, -0.2) is 22.1 Å². The van der Waals surface area contributed by atoms with Crippen molar-refractivity contribution in [2.45, 2.75) is 32.6 Å². The third-order valence-electron chi connectivity index (χ3n) is 3.73. The first-order chi connectivity index (χ1) is 7.57. The maximum absolute atomic E-state index is 12.2. The summed E-state index contributed by atoms with van der Waals surface area (Å²) in [5.41, 5.74) is 7.45. The van der Waals surface area contributed by atoms with E-state index in [9.17, 15) is 4.79 Å². The van der Waals surface area contributed by atoms with Crippen LogP contribution in [0.5, 0.6) is 0 Å². The summed E-state index contributed by atoms with van der Waals surface area (Å²) in [7, 11) is 1.88. The molecule has 0 bridgehead atoms. The molecule has 88 valence electrons.